The molecule has 1 aliphatic rings. The number of amides is 6. The van der Waals surface area contributed by atoms with Gasteiger partial charge in [0.05, 0.1) is 12.6 Å². The van der Waals surface area contributed by atoms with Crippen molar-refractivity contribution in [1.29, 1.82) is 0 Å². The molecule has 0 spiro atoms. The zero-order valence-electron chi connectivity index (χ0n) is 34.1. The van der Waals surface area contributed by atoms with Crippen LogP contribution in [0.15, 0.2) is 30.5 Å². The zero-order chi connectivity index (χ0) is 43.3. The number of unbranched alkanes of at least 4 members (excludes halogenated alkanes) is 3. The number of benzene rings is 1. The molecule has 6 atom stereocenters. The molecule has 1 aliphatic heterocycles. The van der Waals surface area contributed by atoms with Crippen molar-refractivity contribution in [3.8, 4) is 0 Å². The summed E-state index contributed by atoms with van der Waals surface area (Å²) < 4.78 is 0. The number of nitrogens with two attached hydrogens (primary N) is 4. The summed E-state index contributed by atoms with van der Waals surface area (Å²) in [5.41, 5.74) is 24.2. The Morgan fingerprint density at radius 1 is 0.746 bits per heavy atom. The molecule has 1 saturated heterocycles. The molecule has 1 aromatic heterocycles. The van der Waals surface area contributed by atoms with Gasteiger partial charge in [0.2, 0.25) is 35.4 Å². The highest BCUT2D eigenvalue weighted by Gasteiger charge is 2.36. The molecule has 0 bridgehead atoms. The lowest BCUT2D eigenvalue weighted by Crippen LogP contribution is -2.60. The van der Waals surface area contributed by atoms with E-state index in [-0.39, 0.29) is 38.8 Å². The number of aromatic amines is 1. The van der Waals surface area contributed by atoms with Gasteiger partial charge in [-0.25, -0.2) is 4.79 Å². The fraction of sp³-hybridized carbons (Fsp3) is 0.625. The number of aromatic nitrogens is 1. The number of carbonyl (C=O) groups excluding carboxylic acids is 6. The van der Waals surface area contributed by atoms with Gasteiger partial charge in [0.15, 0.2) is 0 Å². The fourth-order valence-electron chi connectivity index (χ4n) is 7.02. The molecule has 15 N–H and O–H groups in total. The summed E-state index contributed by atoms with van der Waals surface area (Å²) >= 11 is 0. The molecule has 1 fully saturated rings. The Labute approximate surface area is 345 Å². The van der Waals surface area contributed by atoms with Crippen LogP contribution in [0.5, 0.6) is 0 Å². The molecule has 0 unspecified atom stereocenters. The third-order valence-corrected chi connectivity index (χ3v) is 10.4. The standard InChI is InChI=1S/C40H65N11O8/c1-25(44)35(53)46-24-34(52)51-21-11-7-17-33(51)39(57)48-30(15-5-9-19-42)37(55)50-32(22-26-23-45-28-13-3-2-12-27(26)28)38(56)47-29(14-4-8-18-41)36(54)49-31(40(58)59)16-6-10-20-43/h2-3,12-13,23,25,29-33,45H,4-11,14-22,24,41-44H2,1H3,(H,46,53)(H,47,56)(H,48,57)(H,49,54)(H,50,55)(H,58,59)/t25-,29-,30-,31-,32-,33-/m0/s1. The molecule has 0 saturated carbocycles. The van der Waals surface area contributed by atoms with E-state index in [4.69, 9.17) is 22.9 Å². The highest BCUT2D eigenvalue weighted by Crippen LogP contribution is 2.21. The molecule has 59 heavy (non-hydrogen) atoms. The number of hydrogen-bond acceptors (Lipinski definition) is 11. The molecule has 1 aromatic carbocycles. The minimum Gasteiger partial charge on any atom is -0.480 e. The second-order valence-corrected chi connectivity index (χ2v) is 15.1. The maximum atomic E-state index is 14.3. The second kappa shape index (κ2) is 25.4. The molecular formula is C40H65N11O8. The topological polar surface area (TPSA) is 323 Å². The Morgan fingerprint density at radius 3 is 1.88 bits per heavy atom. The largest absolute Gasteiger partial charge is 0.480 e. The van der Waals surface area contributed by atoms with Crippen molar-refractivity contribution in [2.24, 2.45) is 22.9 Å². The van der Waals surface area contributed by atoms with E-state index in [1.165, 1.54) is 11.8 Å². The van der Waals surface area contributed by atoms with Gasteiger partial charge in [0, 0.05) is 30.1 Å². The Morgan fingerprint density at radius 2 is 1.29 bits per heavy atom. The summed E-state index contributed by atoms with van der Waals surface area (Å²) in [6.45, 7) is 2.48. The van der Waals surface area contributed by atoms with Gasteiger partial charge in [0.25, 0.3) is 0 Å². The van der Waals surface area contributed by atoms with Crippen molar-refractivity contribution in [1.82, 2.24) is 36.5 Å². The Hall–Kier alpha value is -5.11. The summed E-state index contributed by atoms with van der Waals surface area (Å²) in [5.74, 6) is -4.80. The van der Waals surface area contributed by atoms with Crippen LogP contribution in [0.25, 0.3) is 10.9 Å². The number of carbonyl (C=O) groups is 7. The number of rotatable bonds is 26. The number of para-hydroxylation sites is 1. The lowest BCUT2D eigenvalue weighted by atomic mass is 9.99. The fourth-order valence-corrected chi connectivity index (χ4v) is 7.02. The van der Waals surface area contributed by atoms with Crippen molar-refractivity contribution >= 4 is 52.3 Å². The first kappa shape index (κ1) is 48.3. The minimum atomic E-state index is -1.25. The summed E-state index contributed by atoms with van der Waals surface area (Å²) in [5, 5.41) is 24.1. The predicted octanol–water partition coefficient (Wildman–Crippen LogP) is -1.03. The van der Waals surface area contributed by atoms with Crippen LogP contribution in [0, 0.1) is 0 Å². The first-order valence-electron chi connectivity index (χ1n) is 20.7. The molecule has 2 heterocycles. The Kier molecular flexibility index (Phi) is 20.8. The van der Waals surface area contributed by atoms with E-state index in [1.54, 1.807) is 6.20 Å². The third kappa shape index (κ3) is 15.5. The second-order valence-electron chi connectivity index (χ2n) is 15.1. The van der Waals surface area contributed by atoms with E-state index < -0.39 is 77.7 Å². The molecule has 2 aromatic rings. The number of carboxylic acid groups (broad SMARTS) is 1. The van der Waals surface area contributed by atoms with Gasteiger partial charge in [-0.2, -0.15) is 0 Å². The summed E-state index contributed by atoms with van der Waals surface area (Å²) in [6, 6.07) is 0.969. The van der Waals surface area contributed by atoms with Crippen LogP contribution in [0.1, 0.15) is 89.5 Å². The van der Waals surface area contributed by atoms with Crippen LogP contribution >= 0.6 is 0 Å². The highest BCUT2D eigenvalue weighted by atomic mass is 16.4. The minimum absolute atomic E-state index is 0.00290. The number of aliphatic carboxylic acids is 1. The molecule has 328 valence electrons. The highest BCUT2D eigenvalue weighted by molar-refractivity contribution is 5.97. The average molecular weight is 828 g/mol. The molecule has 19 nitrogen and oxygen atoms in total. The van der Waals surface area contributed by atoms with Gasteiger partial charge in [0.1, 0.15) is 30.2 Å². The SMILES string of the molecule is C[C@H](N)C(=O)NCC(=O)N1CCCC[C@H]1C(=O)N[C@@H](CCCCN)C(=O)N[C@@H](Cc1c[nH]c2ccccc12)C(=O)N[C@@H](CCCCN)C(=O)N[C@@H](CCCCN)C(=O)O. The van der Waals surface area contributed by atoms with Crippen molar-refractivity contribution in [2.45, 2.75) is 127 Å². The number of nitrogens with zero attached hydrogens (tertiary/aromatic N) is 1. The lowest BCUT2D eigenvalue weighted by molar-refractivity contribution is -0.143. The molecule has 0 aliphatic carbocycles. The molecule has 6 amide bonds. The Balaban J connectivity index is 1.89. The van der Waals surface area contributed by atoms with Gasteiger partial charge in [-0.05, 0) is 115 Å². The van der Waals surface area contributed by atoms with Crippen LogP contribution in [-0.2, 0) is 40.0 Å². The quantitative estimate of drug-likeness (QED) is 0.0507. The molecule has 3 rings (SSSR count). The summed E-state index contributed by atoms with van der Waals surface area (Å²) in [6.07, 6.45) is 6.91. The number of fused-ring (bicyclic) bond motifs is 1. The zero-order valence-corrected chi connectivity index (χ0v) is 34.1. The normalized spacial score (nSPS) is 16.6. The smallest absolute Gasteiger partial charge is 0.326 e. The van der Waals surface area contributed by atoms with E-state index in [2.05, 4.69) is 31.6 Å². The number of hydrogen-bond donors (Lipinski definition) is 11. The van der Waals surface area contributed by atoms with Crippen LogP contribution in [-0.4, -0.2) is 125 Å². The first-order chi connectivity index (χ1) is 28.3. The van der Waals surface area contributed by atoms with Gasteiger partial charge in [-0.1, -0.05) is 18.2 Å². The number of H-pyrrole nitrogens is 1. The number of carboxylic acids is 1. The number of nitrogens with one attached hydrogen (secondary N) is 6. The summed E-state index contributed by atoms with van der Waals surface area (Å²) in [4.78, 5) is 97.9. The van der Waals surface area contributed by atoms with E-state index in [9.17, 15) is 38.7 Å². The van der Waals surface area contributed by atoms with Crippen molar-refractivity contribution in [3.63, 3.8) is 0 Å². The maximum absolute atomic E-state index is 14.3. The van der Waals surface area contributed by atoms with Crippen LogP contribution in [0.4, 0.5) is 0 Å². The van der Waals surface area contributed by atoms with Crippen molar-refractivity contribution in [3.05, 3.63) is 36.0 Å². The van der Waals surface area contributed by atoms with Gasteiger partial charge < -0.3 is 64.5 Å². The van der Waals surface area contributed by atoms with E-state index in [0.29, 0.717) is 83.0 Å². The number of likely N-dealkylation sites (tertiary alicyclic amines) is 1. The Bertz CT molecular complexity index is 1700. The monoisotopic (exact) mass is 828 g/mol. The molecule has 0 radical (unpaired) electrons. The van der Waals surface area contributed by atoms with Crippen LogP contribution in [0.3, 0.4) is 0 Å². The maximum Gasteiger partial charge on any atom is 0.326 e. The molecular weight excluding hydrogens is 763 g/mol. The van der Waals surface area contributed by atoms with Crippen LogP contribution < -0.4 is 49.5 Å². The van der Waals surface area contributed by atoms with E-state index in [0.717, 1.165) is 10.9 Å². The van der Waals surface area contributed by atoms with Gasteiger partial charge in [-0.15, -0.1) is 0 Å². The van der Waals surface area contributed by atoms with E-state index in [1.807, 2.05) is 24.3 Å². The third-order valence-electron chi connectivity index (χ3n) is 10.4. The molecule has 19 heteroatoms. The van der Waals surface area contributed by atoms with Gasteiger partial charge in [-0.3, -0.25) is 28.8 Å². The van der Waals surface area contributed by atoms with Gasteiger partial charge >= 0.3 is 5.97 Å². The average Bonchev–Trinajstić information content (AvgIpc) is 3.63. The lowest BCUT2D eigenvalue weighted by Gasteiger charge is -2.35. The van der Waals surface area contributed by atoms with Crippen molar-refractivity contribution < 1.29 is 38.7 Å². The van der Waals surface area contributed by atoms with E-state index >= 15 is 0 Å². The number of piperidine rings is 1. The van der Waals surface area contributed by atoms with Crippen molar-refractivity contribution in [2.75, 3.05) is 32.7 Å². The first-order valence-corrected chi connectivity index (χ1v) is 20.7. The predicted molar refractivity (Wildman–Crippen MR) is 222 cm³/mol. The summed E-state index contributed by atoms with van der Waals surface area (Å²) in [7, 11) is 0. The van der Waals surface area contributed by atoms with Crippen LogP contribution in [0.2, 0.25) is 0 Å².